The van der Waals surface area contributed by atoms with Gasteiger partial charge in [0.05, 0.1) is 6.10 Å². The summed E-state index contributed by atoms with van der Waals surface area (Å²) in [7, 11) is 0. The maximum Gasteiger partial charge on any atom is 0.127 e. The fraction of sp³-hybridized carbons (Fsp3) is 0.571. The number of nitrogens with one attached hydrogen (secondary N) is 1. The predicted molar refractivity (Wildman–Crippen MR) is 66.7 cm³/mol. The lowest BCUT2D eigenvalue weighted by Gasteiger charge is -2.43. The third-order valence-corrected chi connectivity index (χ3v) is 3.40. The van der Waals surface area contributed by atoms with E-state index in [1.807, 2.05) is 26.0 Å². The highest BCUT2D eigenvalue weighted by atomic mass is 19.1. The number of hydrogen-bond acceptors (Lipinski definition) is 2. The van der Waals surface area contributed by atoms with E-state index in [0.717, 1.165) is 25.1 Å². The molecule has 2 rings (SSSR count). The van der Waals surface area contributed by atoms with Gasteiger partial charge in [-0.15, -0.1) is 0 Å². The first-order valence-corrected chi connectivity index (χ1v) is 6.21. The Morgan fingerprint density at radius 3 is 2.59 bits per heavy atom. The van der Waals surface area contributed by atoms with Crippen LogP contribution in [0.1, 0.15) is 25.8 Å². The van der Waals surface area contributed by atoms with E-state index in [-0.39, 0.29) is 17.3 Å². The van der Waals surface area contributed by atoms with Gasteiger partial charge in [-0.1, -0.05) is 18.2 Å². The maximum absolute atomic E-state index is 13.8. The summed E-state index contributed by atoms with van der Waals surface area (Å²) >= 11 is 0. The Hall–Kier alpha value is -0.930. The van der Waals surface area contributed by atoms with E-state index >= 15 is 0 Å². The molecule has 0 amide bonds. The van der Waals surface area contributed by atoms with E-state index in [0.29, 0.717) is 6.61 Å². The van der Waals surface area contributed by atoms with Gasteiger partial charge in [0.1, 0.15) is 5.82 Å². The normalized spacial score (nSPS) is 18.1. The molecule has 1 fully saturated rings. The van der Waals surface area contributed by atoms with Crippen LogP contribution in [0.2, 0.25) is 0 Å². The largest absolute Gasteiger partial charge is 0.379 e. The highest BCUT2D eigenvalue weighted by Gasteiger charge is 2.40. The Kier molecular flexibility index (Phi) is 3.79. The third-order valence-electron chi connectivity index (χ3n) is 3.40. The van der Waals surface area contributed by atoms with Crippen molar-refractivity contribution in [2.75, 3.05) is 19.7 Å². The molecule has 0 radical (unpaired) electrons. The smallest absolute Gasteiger partial charge is 0.127 e. The molecule has 2 nitrogen and oxygen atoms in total. The molecule has 0 saturated carbocycles. The molecule has 0 aliphatic carbocycles. The molecule has 1 saturated heterocycles. The molecule has 1 heterocycles. The zero-order valence-electron chi connectivity index (χ0n) is 10.5. The minimum Gasteiger partial charge on any atom is -0.379 e. The van der Waals surface area contributed by atoms with Gasteiger partial charge in [0.25, 0.3) is 0 Å². The van der Waals surface area contributed by atoms with Crippen LogP contribution in [0.15, 0.2) is 24.3 Å². The van der Waals surface area contributed by atoms with Gasteiger partial charge in [0, 0.05) is 25.1 Å². The number of ether oxygens (including phenoxy) is 1. The second-order valence-corrected chi connectivity index (χ2v) is 5.03. The first-order valence-electron chi connectivity index (χ1n) is 6.21. The summed E-state index contributed by atoms with van der Waals surface area (Å²) in [5, 5.41) is 3.24. The second-order valence-electron chi connectivity index (χ2n) is 5.03. The minimum atomic E-state index is -0.0986. The van der Waals surface area contributed by atoms with Crippen molar-refractivity contribution in [3.63, 3.8) is 0 Å². The van der Waals surface area contributed by atoms with E-state index in [1.54, 1.807) is 12.1 Å². The molecular formula is C14H20FNO. The maximum atomic E-state index is 13.8. The van der Waals surface area contributed by atoms with Crippen molar-refractivity contribution in [3.05, 3.63) is 35.6 Å². The van der Waals surface area contributed by atoms with Crippen molar-refractivity contribution in [2.24, 2.45) is 0 Å². The number of hydrogen-bond donors (Lipinski definition) is 1. The Morgan fingerprint density at radius 1 is 1.35 bits per heavy atom. The second kappa shape index (κ2) is 5.15. The van der Waals surface area contributed by atoms with Crippen LogP contribution in [0, 0.1) is 5.82 Å². The van der Waals surface area contributed by atoms with Crippen LogP contribution in [0.25, 0.3) is 0 Å². The topological polar surface area (TPSA) is 21.3 Å². The molecule has 1 aliphatic heterocycles. The van der Waals surface area contributed by atoms with Crippen molar-refractivity contribution >= 4 is 0 Å². The molecule has 0 bridgehead atoms. The van der Waals surface area contributed by atoms with Crippen molar-refractivity contribution < 1.29 is 9.13 Å². The lowest BCUT2D eigenvalue weighted by Crippen LogP contribution is -2.57. The van der Waals surface area contributed by atoms with Crippen LogP contribution in [0.4, 0.5) is 4.39 Å². The molecule has 1 aromatic rings. The van der Waals surface area contributed by atoms with Crippen LogP contribution in [0.3, 0.4) is 0 Å². The number of halogens is 1. The molecule has 3 heteroatoms. The van der Waals surface area contributed by atoms with Crippen LogP contribution in [-0.2, 0) is 10.2 Å². The predicted octanol–water partition coefficient (Wildman–Crippen LogP) is 2.48. The monoisotopic (exact) mass is 237 g/mol. The highest BCUT2D eigenvalue weighted by Crippen LogP contribution is 2.33. The number of rotatable bonds is 5. The van der Waals surface area contributed by atoms with Gasteiger partial charge in [-0.25, -0.2) is 4.39 Å². The first-order chi connectivity index (χ1) is 8.14. The van der Waals surface area contributed by atoms with Gasteiger partial charge in [-0.05, 0) is 31.9 Å². The van der Waals surface area contributed by atoms with Gasteiger partial charge in [-0.2, -0.15) is 0 Å². The van der Waals surface area contributed by atoms with E-state index in [9.17, 15) is 4.39 Å². The van der Waals surface area contributed by atoms with E-state index in [4.69, 9.17) is 4.74 Å². The van der Waals surface area contributed by atoms with Crippen molar-refractivity contribution in [1.82, 2.24) is 5.32 Å². The summed E-state index contributed by atoms with van der Waals surface area (Å²) in [4.78, 5) is 0. The summed E-state index contributed by atoms with van der Waals surface area (Å²) in [5.41, 5.74) is 0.756. The molecular weight excluding hydrogens is 217 g/mol. The molecule has 1 aromatic carbocycles. The zero-order valence-corrected chi connectivity index (χ0v) is 10.5. The standard InChI is InChI=1S/C14H20FNO/c1-11(2)17-8-7-14(9-16-10-14)12-5-3-4-6-13(12)15/h3-6,11,16H,7-10H2,1-2H3. The van der Waals surface area contributed by atoms with E-state index in [1.165, 1.54) is 0 Å². The fourth-order valence-electron chi connectivity index (χ4n) is 2.31. The molecule has 94 valence electrons. The molecule has 1 N–H and O–H groups in total. The van der Waals surface area contributed by atoms with Crippen LogP contribution in [0.5, 0.6) is 0 Å². The summed E-state index contributed by atoms with van der Waals surface area (Å²) < 4.78 is 19.4. The third kappa shape index (κ3) is 2.67. The fourth-order valence-corrected chi connectivity index (χ4v) is 2.31. The SMILES string of the molecule is CC(C)OCCC1(c2ccccc2F)CNC1. The van der Waals surface area contributed by atoms with Gasteiger partial charge in [0.15, 0.2) is 0 Å². The van der Waals surface area contributed by atoms with Gasteiger partial charge in [0.2, 0.25) is 0 Å². The zero-order chi connectivity index (χ0) is 12.3. The summed E-state index contributed by atoms with van der Waals surface area (Å²) in [6.45, 7) is 6.42. The minimum absolute atomic E-state index is 0.0692. The van der Waals surface area contributed by atoms with E-state index < -0.39 is 0 Å². The molecule has 0 spiro atoms. The number of benzene rings is 1. The molecule has 0 atom stereocenters. The average molecular weight is 237 g/mol. The van der Waals surface area contributed by atoms with Crippen LogP contribution < -0.4 is 5.32 Å². The summed E-state index contributed by atoms with van der Waals surface area (Å²) in [6, 6.07) is 7.08. The highest BCUT2D eigenvalue weighted by molar-refractivity contribution is 5.31. The van der Waals surface area contributed by atoms with Crippen LogP contribution >= 0.6 is 0 Å². The Labute approximate surface area is 102 Å². The molecule has 0 aromatic heterocycles. The van der Waals surface area contributed by atoms with Gasteiger partial charge >= 0.3 is 0 Å². The Bertz CT molecular complexity index is 374. The molecule has 1 aliphatic rings. The van der Waals surface area contributed by atoms with E-state index in [2.05, 4.69) is 5.32 Å². The Balaban J connectivity index is 2.07. The summed E-state index contributed by atoms with van der Waals surface area (Å²) in [6.07, 6.45) is 1.11. The Morgan fingerprint density at radius 2 is 2.06 bits per heavy atom. The van der Waals surface area contributed by atoms with Crippen molar-refractivity contribution in [3.8, 4) is 0 Å². The molecule has 17 heavy (non-hydrogen) atoms. The van der Waals surface area contributed by atoms with Crippen LogP contribution in [-0.4, -0.2) is 25.8 Å². The van der Waals surface area contributed by atoms with Crippen molar-refractivity contribution in [2.45, 2.75) is 31.8 Å². The quantitative estimate of drug-likeness (QED) is 0.849. The summed E-state index contributed by atoms with van der Waals surface area (Å²) in [5.74, 6) is -0.0986. The lowest BCUT2D eigenvalue weighted by molar-refractivity contribution is 0.0550. The molecule has 0 unspecified atom stereocenters. The first kappa shape index (κ1) is 12.5. The lowest BCUT2D eigenvalue weighted by atomic mass is 9.72. The van der Waals surface area contributed by atoms with Gasteiger partial charge in [-0.3, -0.25) is 0 Å². The van der Waals surface area contributed by atoms with Crippen molar-refractivity contribution in [1.29, 1.82) is 0 Å². The van der Waals surface area contributed by atoms with Gasteiger partial charge < -0.3 is 10.1 Å². The average Bonchev–Trinajstić information content (AvgIpc) is 2.23.